The maximum Gasteiger partial charge on any atom is 0.416 e. The summed E-state index contributed by atoms with van der Waals surface area (Å²) in [4.78, 5) is 20.7. The van der Waals surface area contributed by atoms with Crippen LogP contribution in [0, 0.1) is 0 Å². The predicted molar refractivity (Wildman–Crippen MR) is 111 cm³/mol. The predicted octanol–water partition coefficient (Wildman–Crippen LogP) is 5.63. The molecule has 0 radical (unpaired) electrons. The Morgan fingerprint density at radius 1 is 1.00 bits per heavy atom. The Morgan fingerprint density at radius 2 is 1.80 bits per heavy atom. The molecule has 4 rings (SSSR count). The lowest BCUT2D eigenvalue weighted by Gasteiger charge is -2.10. The van der Waals surface area contributed by atoms with Crippen LogP contribution in [0.4, 0.5) is 30.4 Å². The van der Waals surface area contributed by atoms with E-state index in [2.05, 4.69) is 20.6 Å². The first-order chi connectivity index (χ1) is 14.4. The summed E-state index contributed by atoms with van der Waals surface area (Å²) in [6.45, 7) is 0. The first-order valence-corrected chi connectivity index (χ1v) is 9.78. The van der Waals surface area contributed by atoms with Crippen molar-refractivity contribution in [1.82, 2.24) is 9.97 Å². The molecule has 1 amide bonds. The van der Waals surface area contributed by atoms with Gasteiger partial charge in [-0.15, -0.1) is 11.3 Å². The van der Waals surface area contributed by atoms with E-state index in [9.17, 15) is 18.0 Å². The largest absolute Gasteiger partial charge is 0.416 e. The number of carbonyl (C=O) groups excluding carboxylic acids is 1. The molecule has 0 unspecified atom stereocenters. The molecule has 30 heavy (non-hydrogen) atoms. The Labute approximate surface area is 173 Å². The highest BCUT2D eigenvalue weighted by atomic mass is 32.1. The monoisotopic (exact) mass is 428 g/mol. The van der Waals surface area contributed by atoms with Gasteiger partial charge in [0.25, 0.3) is 0 Å². The fraction of sp³-hybridized carbons (Fsp3) is 0.0952. The molecule has 2 heterocycles. The number of hydrogen-bond donors (Lipinski definition) is 2. The number of anilines is 3. The van der Waals surface area contributed by atoms with Gasteiger partial charge in [-0.1, -0.05) is 18.2 Å². The van der Waals surface area contributed by atoms with Crippen LogP contribution < -0.4 is 10.6 Å². The summed E-state index contributed by atoms with van der Waals surface area (Å²) in [5, 5.41) is 7.67. The summed E-state index contributed by atoms with van der Waals surface area (Å²) in [5.74, 6) is 0.302. The van der Waals surface area contributed by atoms with Crippen LogP contribution in [0.25, 0.3) is 10.2 Å². The third kappa shape index (κ3) is 4.57. The second-order valence-corrected chi connectivity index (χ2v) is 7.40. The van der Waals surface area contributed by atoms with E-state index in [0.29, 0.717) is 5.82 Å². The van der Waals surface area contributed by atoms with Crippen LogP contribution in [0.1, 0.15) is 11.1 Å². The normalized spacial score (nSPS) is 11.4. The van der Waals surface area contributed by atoms with E-state index in [1.165, 1.54) is 29.8 Å². The molecule has 0 aliphatic carbocycles. The molecule has 0 spiro atoms. The molecule has 0 bridgehead atoms. The summed E-state index contributed by atoms with van der Waals surface area (Å²) in [5.41, 5.74) is 1.69. The van der Waals surface area contributed by atoms with E-state index in [1.807, 2.05) is 23.6 Å². The van der Waals surface area contributed by atoms with Crippen LogP contribution in [0.2, 0.25) is 0 Å². The van der Waals surface area contributed by atoms with Gasteiger partial charge in [-0.25, -0.2) is 9.97 Å². The van der Waals surface area contributed by atoms with Crippen LogP contribution in [0.3, 0.4) is 0 Å². The van der Waals surface area contributed by atoms with Gasteiger partial charge in [0.05, 0.1) is 22.2 Å². The highest BCUT2D eigenvalue weighted by Gasteiger charge is 2.30. The van der Waals surface area contributed by atoms with Crippen molar-refractivity contribution < 1.29 is 18.0 Å². The summed E-state index contributed by atoms with van der Waals surface area (Å²) >= 11 is 1.54. The van der Waals surface area contributed by atoms with E-state index >= 15 is 0 Å². The van der Waals surface area contributed by atoms with Crippen molar-refractivity contribution in [2.24, 2.45) is 0 Å². The topological polar surface area (TPSA) is 66.9 Å². The number of amides is 1. The van der Waals surface area contributed by atoms with Crippen molar-refractivity contribution in [1.29, 1.82) is 0 Å². The third-order valence-electron chi connectivity index (χ3n) is 4.30. The van der Waals surface area contributed by atoms with Gasteiger partial charge in [-0.3, -0.25) is 4.79 Å². The minimum Gasteiger partial charge on any atom is -0.339 e. The van der Waals surface area contributed by atoms with Gasteiger partial charge in [0.2, 0.25) is 5.91 Å². The number of carbonyl (C=O) groups is 1. The fourth-order valence-electron chi connectivity index (χ4n) is 2.88. The summed E-state index contributed by atoms with van der Waals surface area (Å²) in [6, 6.07) is 13.7. The average Bonchev–Trinajstić information content (AvgIpc) is 3.19. The van der Waals surface area contributed by atoms with Crippen molar-refractivity contribution in [3.8, 4) is 0 Å². The van der Waals surface area contributed by atoms with Crippen LogP contribution in [0.15, 0.2) is 66.3 Å². The number of aromatic nitrogens is 2. The molecule has 0 saturated heterocycles. The van der Waals surface area contributed by atoms with E-state index in [0.717, 1.165) is 33.6 Å². The highest BCUT2D eigenvalue weighted by Crippen LogP contribution is 2.31. The molecule has 0 saturated carbocycles. The zero-order chi connectivity index (χ0) is 21.1. The smallest absolute Gasteiger partial charge is 0.339 e. The maximum absolute atomic E-state index is 12.8. The van der Waals surface area contributed by atoms with Crippen LogP contribution in [-0.4, -0.2) is 15.9 Å². The highest BCUT2D eigenvalue weighted by molar-refractivity contribution is 7.17. The summed E-state index contributed by atoms with van der Waals surface area (Å²) in [6.07, 6.45) is -2.93. The number of rotatable bonds is 5. The van der Waals surface area contributed by atoms with Crippen molar-refractivity contribution >= 4 is 44.7 Å². The maximum atomic E-state index is 12.8. The van der Waals surface area contributed by atoms with Gasteiger partial charge < -0.3 is 10.6 Å². The van der Waals surface area contributed by atoms with E-state index in [-0.39, 0.29) is 12.1 Å². The molecule has 4 aromatic rings. The molecular formula is C21H15F3N4OS. The zero-order valence-electron chi connectivity index (χ0n) is 15.4. The Balaban J connectivity index is 1.40. The number of halogens is 3. The van der Waals surface area contributed by atoms with Gasteiger partial charge in [0, 0.05) is 11.4 Å². The molecule has 0 aliphatic heterocycles. The van der Waals surface area contributed by atoms with Crippen molar-refractivity contribution in [2.75, 3.05) is 10.6 Å². The lowest BCUT2D eigenvalue weighted by Crippen LogP contribution is -2.15. The number of alkyl halides is 3. The molecule has 0 atom stereocenters. The minimum atomic E-state index is -4.46. The number of hydrogen-bond acceptors (Lipinski definition) is 5. The first-order valence-electron chi connectivity index (χ1n) is 8.90. The Bertz CT molecular complexity index is 1190. The third-order valence-corrected chi connectivity index (χ3v) is 5.21. The molecule has 0 fully saturated rings. The fourth-order valence-corrected chi connectivity index (χ4v) is 3.67. The van der Waals surface area contributed by atoms with Gasteiger partial charge in [-0.05, 0) is 47.3 Å². The number of fused-ring (bicyclic) bond motifs is 1. The molecule has 2 aromatic heterocycles. The quantitative estimate of drug-likeness (QED) is 0.432. The van der Waals surface area contributed by atoms with Crippen LogP contribution in [0.5, 0.6) is 0 Å². The van der Waals surface area contributed by atoms with Crippen molar-refractivity contribution in [2.45, 2.75) is 12.6 Å². The lowest BCUT2D eigenvalue weighted by molar-refractivity contribution is -0.137. The van der Waals surface area contributed by atoms with Crippen LogP contribution in [-0.2, 0) is 17.4 Å². The second-order valence-electron chi connectivity index (χ2n) is 6.48. The van der Waals surface area contributed by atoms with Crippen molar-refractivity contribution in [3.05, 3.63) is 77.4 Å². The van der Waals surface area contributed by atoms with Crippen molar-refractivity contribution in [3.63, 3.8) is 0 Å². The average molecular weight is 428 g/mol. The van der Waals surface area contributed by atoms with Gasteiger partial charge in [-0.2, -0.15) is 13.2 Å². The van der Waals surface area contributed by atoms with Gasteiger partial charge in [0.1, 0.15) is 6.33 Å². The Kier molecular flexibility index (Phi) is 5.37. The molecule has 2 N–H and O–H groups in total. The zero-order valence-corrected chi connectivity index (χ0v) is 16.2. The molecular weight excluding hydrogens is 413 g/mol. The van der Waals surface area contributed by atoms with Gasteiger partial charge >= 0.3 is 6.18 Å². The lowest BCUT2D eigenvalue weighted by atomic mass is 10.1. The number of thiophene rings is 1. The summed E-state index contributed by atoms with van der Waals surface area (Å²) < 4.78 is 39.3. The first kappa shape index (κ1) is 19.8. The SMILES string of the molecule is O=C(Cc1ccc(Nc2ncnc3ccsc23)cc1)Nc1cccc(C(F)(F)F)c1. The van der Waals surface area contributed by atoms with E-state index < -0.39 is 17.6 Å². The molecule has 2 aromatic carbocycles. The molecule has 152 valence electrons. The Morgan fingerprint density at radius 3 is 2.57 bits per heavy atom. The Hall–Kier alpha value is -3.46. The number of benzene rings is 2. The number of nitrogens with zero attached hydrogens (tertiary/aromatic N) is 2. The molecule has 9 heteroatoms. The molecule has 0 aliphatic rings. The number of nitrogens with one attached hydrogen (secondary N) is 2. The van der Waals surface area contributed by atoms with Gasteiger partial charge in [0.15, 0.2) is 5.82 Å². The van der Waals surface area contributed by atoms with E-state index in [4.69, 9.17) is 0 Å². The van der Waals surface area contributed by atoms with Crippen LogP contribution >= 0.6 is 11.3 Å². The molecule has 5 nitrogen and oxygen atoms in total. The summed E-state index contributed by atoms with van der Waals surface area (Å²) in [7, 11) is 0. The standard InChI is InChI=1S/C21H15F3N4OS/c22-21(23,24)14-2-1-3-16(11-14)27-18(29)10-13-4-6-15(7-5-13)28-20-19-17(8-9-30-19)25-12-26-20/h1-9,11-12H,10H2,(H,27,29)(H,25,26,28). The second kappa shape index (κ2) is 8.11. The van der Waals surface area contributed by atoms with E-state index in [1.54, 1.807) is 12.1 Å². The minimum absolute atomic E-state index is 0.0409.